The van der Waals surface area contributed by atoms with E-state index in [0.717, 1.165) is 13.0 Å². The van der Waals surface area contributed by atoms with Gasteiger partial charge in [-0.05, 0) is 37.9 Å². The number of benzene rings is 1. The van der Waals surface area contributed by atoms with Crippen molar-refractivity contribution in [3.05, 3.63) is 33.4 Å². The average molecular weight is 315 g/mol. The molecule has 0 saturated heterocycles. The van der Waals surface area contributed by atoms with Gasteiger partial charge in [0.25, 0.3) is 5.69 Å². The monoisotopic (exact) mass is 315 g/mol. The van der Waals surface area contributed by atoms with Gasteiger partial charge in [-0.2, -0.15) is 0 Å². The van der Waals surface area contributed by atoms with E-state index in [-0.39, 0.29) is 17.1 Å². The maximum atomic E-state index is 12.3. The molecular weight excluding hydrogens is 294 g/mol. The lowest BCUT2D eigenvalue weighted by molar-refractivity contribution is -0.385. The normalized spacial score (nSPS) is 11.6. The van der Waals surface area contributed by atoms with Gasteiger partial charge in [-0.1, -0.05) is 6.92 Å². The zero-order valence-corrected chi connectivity index (χ0v) is 13.3. The first-order valence-corrected chi connectivity index (χ1v) is 8.24. The molecule has 0 aromatic heterocycles. The summed E-state index contributed by atoms with van der Waals surface area (Å²) in [7, 11) is -3.66. The third-order valence-corrected chi connectivity index (χ3v) is 4.71. The summed E-state index contributed by atoms with van der Waals surface area (Å²) in [5.41, 5.74) is 0.639. The molecule has 0 aliphatic carbocycles. The molecule has 0 atom stereocenters. The Labute approximate surface area is 124 Å². The van der Waals surface area contributed by atoms with Crippen molar-refractivity contribution < 1.29 is 13.3 Å². The minimum atomic E-state index is -3.66. The third-order valence-electron chi connectivity index (χ3n) is 2.95. The smallest absolute Gasteiger partial charge is 0.270 e. The molecule has 0 amide bonds. The van der Waals surface area contributed by atoms with Gasteiger partial charge < -0.3 is 5.32 Å². The van der Waals surface area contributed by atoms with Crippen LogP contribution in [0.15, 0.2) is 17.0 Å². The van der Waals surface area contributed by atoms with E-state index in [1.54, 1.807) is 13.8 Å². The third kappa shape index (κ3) is 4.76. The Morgan fingerprint density at radius 1 is 1.14 bits per heavy atom. The minimum Gasteiger partial charge on any atom is -0.315 e. The lowest BCUT2D eigenvalue weighted by Gasteiger charge is -2.12. The van der Waals surface area contributed by atoms with Gasteiger partial charge >= 0.3 is 0 Å². The second-order valence-corrected chi connectivity index (χ2v) is 6.52. The second kappa shape index (κ2) is 7.48. The van der Waals surface area contributed by atoms with Crippen LogP contribution in [-0.4, -0.2) is 33.0 Å². The van der Waals surface area contributed by atoms with Gasteiger partial charge in [0.15, 0.2) is 0 Å². The van der Waals surface area contributed by atoms with Crippen LogP contribution in [0.2, 0.25) is 0 Å². The lowest BCUT2D eigenvalue weighted by Crippen LogP contribution is -2.32. The summed E-state index contributed by atoms with van der Waals surface area (Å²) >= 11 is 0. The topological polar surface area (TPSA) is 101 Å². The van der Waals surface area contributed by atoms with Gasteiger partial charge in [0.05, 0.1) is 9.82 Å². The first kappa shape index (κ1) is 17.5. The standard InChI is InChI=1S/C13H21N3O4S/c1-4-5-14-6-7-15-21(19,20)13-10(2)8-12(16(17)18)9-11(13)3/h8-9,14-15H,4-7H2,1-3H3. The highest BCUT2D eigenvalue weighted by molar-refractivity contribution is 7.89. The molecule has 0 spiro atoms. The number of nitrogens with zero attached hydrogens (tertiary/aromatic N) is 1. The molecule has 21 heavy (non-hydrogen) atoms. The van der Waals surface area contributed by atoms with Crippen molar-refractivity contribution in [2.75, 3.05) is 19.6 Å². The number of nitro benzene ring substituents is 1. The first-order valence-electron chi connectivity index (χ1n) is 6.75. The Hall–Kier alpha value is -1.51. The molecule has 0 unspecified atom stereocenters. The van der Waals surface area contributed by atoms with Crippen LogP contribution in [0.4, 0.5) is 5.69 Å². The molecule has 1 aromatic rings. The highest BCUT2D eigenvalue weighted by atomic mass is 32.2. The van der Waals surface area contributed by atoms with Gasteiger partial charge in [0.2, 0.25) is 10.0 Å². The predicted octanol–water partition coefficient (Wildman–Crippen LogP) is 1.49. The van der Waals surface area contributed by atoms with E-state index in [9.17, 15) is 18.5 Å². The number of nitro groups is 1. The Bertz CT molecular complexity index is 591. The fourth-order valence-electron chi connectivity index (χ4n) is 2.10. The van der Waals surface area contributed by atoms with Crippen molar-refractivity contribution in [1.82, 2.24) is 10.0 Å². The molecule has 0 saturated carbocycles. The van der Waals surface area contributed by atoms with E-state index in [1.165, 1.54) is 12.1 Å². The number of nitrogens with one attached hydrogen (secondary N) is 2. The molecule has 0 bridgehead atoms. The maximum Gasteiger partial charge on any atom is 0.270 e. The van der Waals surface area contributed by atoms with Crippen LogP contribution >= 0.6 is 0 Å². The van der Waals surface area contributed by atoms with Crippen molar-refractivity contribution in [2.45, 2.75) is 32.1 Å². The maximum absolute atomic E-state index is 12.3. The van der Waals surface area contributed by atoms with Crippen LogP contribution in [0.3, 0.4) is 0 Å². The Kier molecular flexibility index (Phi) is 6.25. The molecule has 1 rings (SSSR count). The van der Waals surface area contributed by atoms with Crippen LogP contribution in [0.25, 0.3) is 0 Å². The van der Waals surface area contributed by atoms with Gasteiger partial charge in [-0.15, -0.1) is 0 Å². The summed E-state index contributed by atoms with van der Waals surface area (Å²) < 4.78 is 27.1. The lowest BCUT2D eigenvalue weighted by atomic mass is 10.1. The summed E-state index contributed by atoms with van der Waals surface area (Å²) in [4.78, 5) is 10.4. The quantitative estimate of drug-likeness (QED) is 0.430. The van der Waals surface area contributed by atoms with Gasteiger partial charge in [0, 0.05) is 25.2 Å². The van der Waals surface area contributed by atoms with E-state index in [2.05, 4.69) is 10.0 Å². The van der Waals surface area contributed by atoms with E-state index in [0.29, 0.717) is 17.7 Å². The molecule has 7 nitrogen and oxygen atoms in total. The summed E-state index contributed by atoms with van der Waals surface area (Å²) in [6.45, 7) is 6.79. The predicted molar refractivity (Wildman–Crippen MR) is 80.9 cm³/mol. The number of aryl methyl sites for hydroxylation is 2. The van der Waals surface area contributed by atoms with Crippen LogP contribution in [-0.2, 0) is 10.0 Å². The van der Waals surface area contributed by atoms with E-state index < -0.39 is 14.9 Å². The summed E-state index contributed by atoms with van der Waals surface area (Å²) in [5, 5.41) is 13.9. The summed E-state index contributed by atoms with van der Waals surface area (Å²) in [6.07, 6.45) is 0.979. The van der Waals surface area contributed by atoms with E-state index >= 15 is 0 Å². The molecule has 0 radical (unpaired) electrons. The van der Waals surface area contributed by atoms with Crippen molar-refractivity contribution in [3.63, 3.8) is 0 Å². The zero-order valence-electron chi connectivity index (χ0n) is 12.5. The van der Waals surface area contributed by atoms with E-state index in [4.69, 9.17) is 0 Å². The number of hydrogen-bond acceptors (Lipinski definition) is 5. The van der Waals surface area contributed by atoms with Crippen LogP contribution in [0.5, 0.6) is 0 Å². The Morgan fingerprint density at radius 2 is 1.71 bits per heavy atom. The minimum absolute atomic E-state index is 0.103. The van der Waals surface area contributed by atoms with Gasteiger partial charge in [0.1, 0.15) is 0 Å². The highest BCUT2D eigenvalue weighted by Crippen LogP contribution is 2.25. The molecule has 1 aromatic carbocycles. The number of rotatable bonds is 8. The molecule has 0 aliphatic heterocycles. The summed E-state index contributed by atoms with van der Waals surface area (Å²) in [6, 6.07) is 2.55. The number of sulfonamides is 1. The Morgan fingerprint density at radius 3 is 2.19 bits per heavy atom. The van der Waals surface area contributed by atoms with Crippen molar-refractivity contribution in [1.29, 1.82) is 0 Å². The van der Waals surface area contributed by atoms with Crippen molar-refractivity contribution >= 4 is 15.7 Å². The van der Waals surface area contributed by atoms with Crippen molar-refractivity contribution in [3.8, 4) is 0 Å². The SMILES string of the molecule is CCCNCCNS(=O)(=O)c1c(C)cc([N+](=O)[O-])cc1C. The molecule has 8 heteroatoms. The van der Waals surface area contributed by atoms with Crippen LogP contribution in [0, 0.1) is 24.0 Å². The molecule has 0 fully saturated rings. The molecule has 2 N–H and O–H groups in total. The summed E-state index contributed by atoms with van der Waals surface area (Å²) in [5.74, 6) is 0. The van der Waals surface area contributed by atoms with Crippen molar-refractivity contribution in [2.24, 2.45) is 0 Å². The van der Waals surface area contributed by atoms with Crippen LogP contribution < -0.4 is 10.0 Å². The largest absolute Gasteiger partial charge is 0.315 e. The van der Waals surface area contributed by atoms with E-state index in [1.807, 2.05) is 6.92 Å². The number of non-ortho nitro benzene ring substituents is 1. The molecular formula is C13H21N3O4S. The molecule has 118 valence electrons. The first-order chi connectivity index (χ1) is 9.79. The number of hydrogen-bond donors (Lipinski definition) is 2. The zero-order chi connectivity index (χ0) is 16.0. The van der Waals surface area contributed by atoms with Crippen LogP contribution in [0.1, 0.15) is 24.5 Å². The van der Waals surface area contributed by atoms with Gasteiger partial charge in [-0.25, -0.2) is 13.1 Å². The Balaban J connectivity index is 2.91. The molecule has 0 heterocycles. The molecule has 0 aliphatic rings. The highest BCUT2D eigenvalue weighted by Gasteiger charge is 2.22. The fourth-order valence-corrected chi connectivity index (χ4v) is 3.59. The second-order valence-electron chi connectivity index (χ2n) is 4.81. The fraction of sp³-hybridized carbons (Fsp3) is 0.538. The van der Waals surface area contributed by atoms with Gasteiger partial charge in [-0.3, -0.25) is 10.1 Å². The average Bonchev–Trinajstić information content (AvgIpc) is 2.37.